The highest BCUT2D eigenvalue weighted by molar-refractivity contribution is 7.48. The Morgan fingerprint density at radius 2 is 0.980 bits per heavy atom. The fourth-order valence-corrected chi connectivity index (χ4v) is 10.2. The molecule has 4 aromatic rings. The summed E-state index contributed by atoms with van der Waals surface area (Å²) in [5.41, 5.74) is 15.8. The van der Waals surface area contributed by atoms with Gasteiger partial charge in [-0.25, -0.2) is 4.57 Å². The van der Waals surface area contributed by atoms with Gasteiger partial charge in [0, 0.05) is 27.7 Å². The van der Waals surface area contributed by atoms with Gasteiger partial charge in [0.2, 0.25) is 0 Å². The fourth-order valence-electron chi connectivity index (χ4n) is 9.32. The van der Waals surface area contributed by atoms with Gasteiger partial charge in [-0.3, -0.25) is 4.89 Å². The largest absolute Gasteiger partial charge is 0.584 e. The minimum absolute atomic E-state index is 0.252. The summed E-state index contributed by atoms with van der Waals surface area (Å²) in [6, 6.07) is 18.1. The fraction of sp³-hybridized carbons (Fsp3) is 0.467. The molecular weight excluding hydrogens is 635 g/mol. The van der Waals surface area contributed by atoms with Crippen LogP contribution >= 0.6 is 7.82 Å². The molecule has 0 aromatic heterocycles. The van der Waals surface area contributed by atoms with Gasteiger partial charge in [0.15, 0.2) is 0 Å². The Bertz CT molecular complexity index is 2000. The van der Waals surface area contributed by atoms with Crippen LogP contribution < -0.4 is 9.05 Å². The van der Waals surface area contributed by atoms with Crippen molar-refractivity contribution in [2.75, 3.05) is 0 Å². The first-order valence-electron chi connectivity index (χ1n) is 18.9. The molecule has 50 heavy (non-hydrogen) atoms. The van der Waals surface area contributed by atoms with Crippen molar-refractivity contribution >= 4 is 7.82 Å². The van der Waals surface area contributed by atoms with Crippen LogP contribution in [0.15, 0.2) is 48.5 Å². The summed E-state index contributed by atoms with van der Waals surface area (Å²) in [6.07, 6.45) is 3.63. The molecule has 0 fully saturated rings. The van der Waals surface area contributed by atoms with Crippen molar-refractivity contribution in [3.8, 4) is 33.8 Å². The van der Waals surface area contributed by atoms with Gasteiger partial charge in [-0.2, -0.15) is 0 Å². The number of rotatable bonds is 7. The molecule has 0 saturated heterocycles. The Hall–Kier alpha value is -3.33. The lowest BCUT2D eigenvalue weighted by atomic mass is 9.73. The highest BCUT2D eigenvalue weighted by Crippen LogP contribution is 2.66. The second kappa shape index (κ2) is 12.4. The van der Waals surface area contributed by atoms with Gasteiger partial charge >= 0.3 is 7.82 Å². The molecule has 0 saturated carbocycles. The van der Waals surface area contributed by atoms with Crippen molar-refractivity contribution in [3.05, 3.63) is 104 Å². The normalized spacial score (nSPS) is 20.7. The molecule has 7 rings (SSSR count). The van der Waals surface area contributed by atoms with Crippen LogP contribution in [0.4, 0.5) is 0 Å². The van der Waals surface area contributed by atoms with Gasteiger partial charge in [-0.05, 0) is 112 Å². The van der Waals surface area contributed by atoms with E-state index >= 15 is 0 Å². The average Bonchev–Trinajstić information content (AvgIpc) is 3.60. The maximum Gasteiger partial charge on any atom is 0.584 e. The highest BCUT2D eigenvalue weighted by Gasteiger charge is 2.53. The first-order chi connectivity index (χ1) is 23.5. The maximum absolute atomic E-state index is 14.6. The minimum Gasteiger partial charge on any atom is -0.394 e. The zero-order valence-corrected chi connectivity index (χ0v) is 32.8. The van der Waals surface area contributed by atoms with Gasteiger partial charge in [0.1, 0.15) is 11.5 Å². The molecular formula is C45H55O4P. The Morgan fingerprint density at radius 1 is 0.600 bits per heavy atom. The van der Waals surface area contributed by atoms with Gasteiger partial charge in [0.05, 0.1) is 0 Å². The molecule has 5 heteroatoms. The number of hydrogen-bond donors (Lipinski definition) is 1. The first-order valence-corrected chi connectivity index (χ1v) is 20.4. The van der Waals surface area contributed by atoms with Crippen molar-refractivity contribution < 1.29 is 18.5 Å². The molecule has 0 bridgehead atoms. The molecule has 2 unspecified atom stereocenters. The molecule has 1 aliphatic heterocycles. The number of hydrogen-bond acceptors (Lipinski definition) is 3. The zero-order chi connectivity index (χ0) is 36.0. The maximum atomic E-state index is 14.6. The molecule has 2 aliphatic carbocycles. The molecule has 0 amide bonds. The Balaban J connectivity index is 1.57. The smallest absolute Gasteiger partial charge is 0.394 e. The third kappa shape index (κ3) is 5.48. The van der Waals surface area contributed by atoms with Crippen molar-refractivity contribution in [1.29, 1.82) is 0 Å². The summed E-state index contributed by atoms with van der Waals surface area (Å²) in [6.45, 7) is 24.5. The van der Waals surface area contributed by atoms with Crippen LogP contribution in [0, 0.1) is 6.92 Å². The van der Waals surface area contributed by atoms with E-state index in [1.54, 1.807) is 0 Å². The lowest BCUT2D eigenvalue weighted by Gasteiger charge is -2.35. The standard InChI is InChI=1S/C45H55O4P/c1-24(2)32-22-37(27(7)8)40(38(23-32)28(9)10)34-15-13-31-17-19-45-18-16-30-12-14-33(39-35(25(3)4)20-29(11)21-36(39)26(5)6)43(41(30)45)48-50(46,47)49-44(34)42(31)45/h12-15,20-28H,16-19H2,1-11H3,(H,46,47). The quantitative estimate of drug-likeness (QED) is 0.196. The van der Waals surface area contributed by atoms with E-state index in [2.05, 4.69) is 125 Å². The van der Waals surface area contributed by atoms with E-state index in [-0.39, 0.29) is 29.1 Å². The Labute approximate surface area is 300 Å². The number of phosphoric ester groups is 1. The van der Waals surface area contributed by atoms with Crippen LogP contribution in [0.5, 0.6) is 11.5 Å². The summed E-state index contributed by atoms with van der Waals surface area (Å²) < 4.78 is 27.6. The average molecular weight is 691 g/mol. The molecule has 4 nitrogen and oxygen atoms in total. The lowest BCUT2D eigenvalue weighted by molar-refractivity contribution is 0.281. The van der Waals surface area contributed by atoms with Crippen molar-refractivity contribution in [2.24, 2.45) is 0 Å². The summed E-state index contributed by atoms with van der Waals surface area (Å²) >= 11 is 0. The van der Waals surface area contributed by atoms with Crippen LogP contribution in [-0.2, 0) is 22.8 Å². The SMILES string of the molecule is Cc1cc(C(C)C)c(-c2ccc3c4c2OP(=O)(O)Oc2c(-c5c(C(C)C)cc(C(C)C)cc5C(C)C)ccc5c2C4(CC3)CC5)c(C(C)C)c1. The molecule has 1 N–H and O–H groups in total. The van der Waals surface area contributed by atoms with Crippen molar-refractivity contribution in [3.63, 3.8) is 0 Å². The summed E-state index contributed by atoms with van der Waals surface area (Å²) in [5, 5.41) is 0. The first kappa shape index (κ1) is 35.1. The number of benzene rings is 4. The highest BCUT2D eigenvalue weighted by atomic mass is 31.2. The molecule has 264 valence electrons. The van der Waals surface area contributed by atoms with Gasteiger partial charge < -0.3 is 9.05 Å². The zero-order valence-electron chi connectivity index (χ0n) is 32.0. The van der Waals surface area contributed by atoms with E-state index in [0.717, 1.165) is 59.1 Å². The third-order valence-electron chi connectivity index (χ3n) is 11.8. The molecule has 1 heterocycles. The van der Waals surface area contributed by atoms with Crippen molar-refractivity contribution in [2.45, 2.75) is 137 Å². The van der Waals surface area contributed by atoms with E-state index < -0.39 is 7.82 Å². The second-order valence-electron chi connectivity index (χ2n) is 16.9. The number of phosphoric acid groups is 1. The van der Waals surface area contributed by atoms with Gasteiger partial charge in [0.25, 0.3) is 0 Å². The summed E-state index contributed by atoms with van der Waals surface area (Å²) in [4.78, 5) is 11.9. The molecule has 1 spiro atoms. The number of aryl methyl sites for hydroxylation is 3. The van der Waals surface area contributed by atoms with Crippen LogP contribution in [0.3, 0.4) is 0 Å². The van der Waals surface area contributed by atoms with Crippen LogP contribution in [0.2, 0.25) is 0 Å². The molecule has 2 atom stereocenters. The molecule has 4 aromatic carbocycles. The van der Waals surface area contributed by atoms with Crippen LogP contribution in [0.25, 0.3) is 22.3 Å². The summed E-state index contributed by atoms with van der Waals surface area (Å²) in [7, 11) is -4.65. The molecule has 3 aliphatic rings. The Kier molecular flexibility index (Phi) is 8.71. The molecule has 0 radical (unpaired) electrons. The predicted molar refractivity (Wildman–Crippen MR) is 207 cm³/mol. The minimum atomic E-state index is -4.65. The monoisotopic (exact) mass is 690 g/mol. The predicted octanol–water partition coefficient (Wildman–Crippen LogP) is 13.0. The van der Waals surface area contributed by atoms with Gasteiger partial charge in [-0.1, -0.05) is 123 Å². The van der Waals surface area contributed by atoms with E-state index in [1.165, 1.54) is 44.5 Å². The lowest BCUT2D eigenvalue weighted by Crippen LogP contribution is -2.25. The van der Waals surface area contributed by atoms with E-state index in [9.17, 15) is 9.46 Å². The Morgan fingerprint density at radius 3 is 1.34 bits per heavy atom. The second-order valence-corrected chi connectivity index (χ2v) is 18.2. The van der Waals surface area contributed by atoms with E-state index in [4.69, 9.17) is 9.05 Å². The van der Waals surface area contributed by atoms with Gasteiger partial charge in [-0.15, -0.1) is 0 Å². The van der Waals surface area contributed by atoms with E-state index in [1.807, 2.05) is 0 Å². The van der Waals surface area contributed by atoms with E-state index in [0.29, 0.717) is 17.4 Å². The van der Waals surface area contributed by atoms with Crippen LogP contribution in [-0.4, -0.2) is 4.89 Å². The van der Waals surface area contributed by atoms with Crippen molar-refractivity contribution in [1.82, 2.24) is 0 Å². The van der Waals surface area contributed by atoms with Crippen LogP contribution in [0.1, 0.15) is 167 Å². The third-order valence-corrected chi connectivity index (χ3v) is 12.6. The summed E-state index contributed by atoms with van der Waals surface area (Å²) in [5.74, 6) is 2.49. The topological polar surface area (TPSA) is 55.8 Å².